The zero-order valence-electron chi connectivity index (χ0n) is 18.5. The van der Waals surface area contributed by atoms with Crippen LogP contribution in [0.2, 0.25) is 0 Å². The molecule has 32 heavy (non-hydrogen) atoms. The second-order valence-corrected chi connectivity index (χ2v) is 8.16. The van der Waals surface area contributed by atoms with E-state index < -0.39 is 17.7 Å². The second-order valence-electron chi connectivity index (χ2n) is 8.16. The van der Waals surface area contributed by atoms with E-state index in [1.807, 2.05) is 13.8 Å². The number of nitrogens with zero attached hydrogens (tertiary/aromatic N) is 1. The lowest BCUT2D eigenvalue weighted by molar-refractivity contribution is -0.130. The molecule has 3 rings (SSSR count). The van der Waals surface area contributed by atoms with Gasteiger partial charge in [0.1, 0.15) is 18.2 Å². The molecule has 1 amide bonds. The summed E-state index contributed by atoms with van der Waals surface area (Å²) in [4.78, 5) is 27.2. The molecule has 1 heterocycles. The van der Waals surface area contributed by atoms with Gasteiger partial charge in [0.2, 0.25) is 0 Å². The number of benzene rings is 2. The molecule has 2 aromatic rings. The van der Waals surface area contributed by atoms with Crippen molar-refractivity contribution in [1.82, 2.24) is 4.90 Å². The summed E-state index contributed by atoms with van der Waals surface area (Å²) >= 11 is 0. The fraction of sp³-hybridized carbons (Fsp3) is 0.360. The Morgan fingerprint density at radius 1 is 1.19 bits per heavy atom. The van der Waals surface area contributed by atoms with Gasteiger partial charge in [0.15, 0.2) is 11.5 Å². The highest BCUT2D eigenvalue weighted by molar-refractivity contribution is 6.09. The standard InChI is InChI=1S/C25H28FNO5/c1-16(2)13-21(28)22-23(27(11-12-31-3)25(30)24(22)29)18-5-4-6-20(14-18)32-15-17-7-9-19(26)10-8-17/h4-10,14,16,23,29H,11-13,15H2,1-3H3. The maximum atomic E-state index is 13.1. The van der Waals surface area contributed by atoms with Gasteiger partial charge < -0.3 is 19.5 Å². The van der Waals surface area contributed by atoms with E-state index in [-0.39, 0.29) is 49.3 Å². The van der Waals surface area contributed by atoms with Crippen molar-refractivity contribution in [3.05, 3.63) is 76.8 Å². The average molecular weight is 441 g/mol. The number of methoxy groups -OCH3 is 1. The Hall–Kier alpha value is -3.19. The van der Waals surface area contributed by atoms with E-state index >= 15 is 0 Å². The lowest BCUT2D eigenvalue weighted by atomic mass is 9.92. The van der Waals surface area contributed by atoms with Gasteiger partial charge in [0.05, 0.1) is 18.2 Å². The molecule has 0 saturated carbocycles. The van der Waals surface area contributed by atoms with Gasteiger partial charge in [-0.1, -0.05) is 38.1 Å². The van der Waals surface area contributed by atoms with E-state index in [1.54, 1.807) is 36.4 Å². The van der Waals surface area contributed by atoms with Crippen LogP contribution in [0.5, 0.6) is 5.75 Å². The van der Waals surface area contributed by atoms with Crippen LogP contribution in [-0.4, -0.2) is 42.0 Å². The largest absolute Gasteiger partial charge is 0.503 e. The minimum Gasteiger partial charge on any atom is -0.503 e. The number of carbonyl (C=O) groups is 2. The first kappa shape index (κ1) is 23.5. The van der Waals surface area contributed by atoms with Crippen molar-refractivity contribution in [2.45, 2.75) is 32.9 Å². The molecule has 0 aromatic heterocycles. The molecule has 6 nitrogen and oxygen atoms in total. The monoisotopic (exact) mass is 441 g/mol. The molecular formula is C25H28FNO5. The van der Waals surface area contributed by atoms with E-state index in [4.69, 9.17) is 9.47 Å². The number of ketones is 1. The highest BCUT2D eigenvalue weighted by atomic mass is 19.1. The van der Waals surface area contributed by atoms with Crippen molar-refractivity contribution in [2.75, 3.05) is 20.3 Å². The van der Waals surface area contributed by atoms with Gasteiger partial charge in [0, 0.05) is 20.1 Å². The molecule has 0 radical (unpaired) electrons. The summed E-state index contributed by atoms with van der Waals surface area (Å²) in [5, 5.41) is 10.6. The normalized spacial score (nSPS) is 16.2. The number of amides is 1. The molecule has 1 N–H and O–H groups in total. The van der Waals surface area contributed by atoms with Gasteiger partial charge in [-0.15, -0.1) is 0 Å². The highest BCUT2D eigenvalue weighted by Crippen LogP contribution is 2.39. The van der Waals surface area contributed by atoms with Crippen LogP contribution in [0.25, 0.3) is 0 Å². The third-order valence-electron chi connectivity index (χ3n) is 5.23. The molecule has 2 aromatic carbocycles. The Balaban J connectivity index is 1.90. The fourth-order valence-corrected chi connectivity index (χ4v) is 3.71. The van der Waals surface area contributed by atoms with E-state index in [0.717, 1.165) is 5.56 Å². The first-order valence-corrected chi connectivity index (χ1v) is 10.5. The lowest BCUT2D eigenvalue weighted by Gasteiger charge is -2.27. The van der Waals surface area contributed by atoms with Crippen molar-refractivity contribution in [3.8, 4) is 5.75 Å². The molecule has 1 atom stereocenters. The van der Waals surface area contributed by atoms with Crippen LogP contribution in [0.15, 0.2) is 59.9 Å². The maximum Gasteiger partial charge on any atom is 0.290 e. The molecule has 1 aliphatic rings. The summed E-state index contributed by atoms with van der Waals surface area (Å²) in [6.45, 7) is 4.55. The summed E-state index contributed by atoms with van der Waals surface area (Å²) in [7, 11) is 1.53. The molecule has 170 valence electrons. The van der Waals surface area contributed by atoms with Gasteiger partial charge in [-0.2, -0.15) is 0 Å². The zero-order valence-corrected chi connectivity index (χ0v) is 18.5. The first-order valence-electron chi connectivity index (χ1n) is 10.5. The summed E-state index contributed by atoms with van der Waals surface area (Å²) in [5.74, 6) is -1.05. The van der Waals surface area contributed by atoms with Crippen molar-refractivity contribution in [2.24, 2.45) is 5.92 Å². The number of rotatable bonds is 10. The third-order valence-corrected chi connectivity index (χ3v) is 5.23. The summed E-state index contributed by atoms with van der Waals surface area (Å²) in [6.07, 6.45) is 0.224. The Kier molecular flexibility index (Phi) is 7.64. The van der Waals surface area contributed by atoms with Gasteiger partial charge >= 0.3 is 0 Å². The average Bonchev–Trinajstić information content (AvgIpc) is 3.02. The molecule has 7 heteroatoms. The molecule has 1 unspecified atom stereocenters. The number of carbonyl (C=O) groups excluding carboxylic acids is 2. The quantitative estimate of drug-likeness (QED) is 0.593. The summed E-state index contributed by atoms with van der Waals surface area (Å²) in [5.41, 5.74) is 1.57. The molecule has 0 saturated heterocycles. The second kappa shape index (κ2) is 10.4. The summed E-state index contributed by atoms with van der Waals surface area (Å²) in [6, 6.07) is 12.4. The van der Waals surface area contributed by atoms with E-state index in [9.17, 15) is 19.1 Å². The van der Waals surface area contributed by atoms with Crippen molar-refractivity contribution in [3.63, 3.8) is 0 Å². The van der Waals surface area contributed by atoms with Crippen LogP contribution < -0.4 is 4.74 Å². The van der Waals surface area contributed by atoms with Gasteiger partial charge in [0.25, 0.3) is 5.91 Å². The highest BCUT2D eigenvalue weighted by Gasteiger charge is 2.43. The number of Topliss-reactive ketones (excluding diaryl/α,β-unsaturated/α-hetero) is 1. The van der Waals surface area contributed by atoms with Crippen LogP contribution in [0, 0.1) is 11.7 Å². The van der Waals surface area contributed by atoms with Crippen molar-refractivity contribution < 1.29 is 28.6 Å². The minimum atomic E-state index is -0.724. The van der Waals surface area contributed by atoms with Gasteiger partial charge in [-0.25, -0.2) is 4.39 Å². The number of halogens is 1. The van der Waals surface area contributed by atoms with Crippen LogP contribution in [0.3, 0.4) is 0 Å². The molecule has 0 bridgehead atoms. The summed E-state index contributed by atoms with van der Waals surface area (Å²) < 4.78 is 24.1. The fourth-order valence-electron chi connectivity index (χ4n) is 3.71. The Bertz CT molecular complexity index is 1000. The molecule has 0 aliphatic carbocycles. The number of ether oxygens (including phenoxy) is 2. The topological polar surface area (TPSA) is 76.1 Å². The van der Waals surface area contributed by atoms with E-state index in [0.29, 0.717) is 11.3 Å². The Labute approximate surface area is 187 Å². The van der Waals surface area contributed by atoms with Crippen LogP contribution in [0.1, 0.15) is 37.4 Å². The van der Waals surface area contributed by atoms with Crippen LogP contribution >= 0.6 is 0 Å². The molecular weight excluding hydrogens is 413 g/mol. The predicted octanol–water partition coefficient (Wildman–Crippen LogP) is 4.36. The van der Waals surface area contributed by atoms with Gasteiger partial charge in [-0.3, -0.25) is 9.59 Å². The molecule has 0 spiro atoms. The smallest absolute Gasteiger partial charge is 0.290 e. The Morgan fingerprint density at radius 3 is 2.56 bits per heavy atom. The number of aliphatic hydroxyl groups excluding tert-OH is 1. The zero-order chi connectivity index (χ0) is 23.3. The lowest BCUT2D eigenvalue weighted by Crippen LogP contribution is -2.34. The third kappa shape index (κ3) is 5.34. The van der Waals surface area contributed by atoms with Crippen LogP contribution in [0.4, 0.5) is 4.39 Å². The van der Waals surface area contributed by atoms with Crippen LogP contribution in [-0.2, 0) is 20.9 Å². The van der Waals surface area contributed by atoms with Crippen molar-refractivity contribution in [1.29, 1.82) is 0 Å². The number of aliphatic hydroxyl groups is 1. The Morgan fingerprint density at radius 2 is 1.91 bits per heavy atom. The van der Waals surface area contributed by atoms with Crippen molar-refractivity contribution >= 4 is 11.7 Å². The number of hydrogen-bond acceptors (Lipinski definition) is 5. The predicted molar refractivity (Wildman–Crippen MR) is 118 cm³/mol. The van der Waals surface area contributed by atoms with Gasteiger partial charge in [-0.05, 0) is 41.3 Å². The number of hydrogen-bond donors (Lipinski definition) is 1. The molecule has 1 aliphatic heterocycles. The van der Waals surface area contributed by atoms with E-state index in [2.05, 4.69) is 0 Å². The first-order chi connectivity index (χ1) is 15.3. The maximum absolute atomic E-state index is 13.1. The minimum absolute atomic E-state index is 0.0805. The molecule has 0 fully saturated rings. The van der Waals surface area contributed by atoms with E-state index in [1.165, 1.54) is 24.1 Å². The SMILES string of the molecule is COCCN1C(=O)C(O)=C(C(=O)CC(C)C)C1c1cccc(OCc2ccc(F)cc2)c1.